The van der Waals surface area contributed by atoms with E-state index >= 15 is 0 Å². The fraction of sp³-hybridized carbons (Fsp3) is 0.296. The van der Waals surface area contributed by atoms with Gasteiger partial charge in [-0.05, 0) is 61.0 Å². The molecule has 0 unspecified atom stereocenters. The number of nitrogens with zero attached hydrogens (tertiary/aromatic N) is 2. The summed E-state index contributed by atoms with van der Waals surface area (Å²) in [7, 11) is 1.50. The van der Waals surface area contributed by atoms with Crippen molar-refractivity contribution in [3.63, 3.8) is 0 Å². The van der Waals surface area contributed by atoms with Crippen LogP contribution in [0.1, 0.15) is 28.6 Å². The third-order valence-electron chi connectivity index (χ3n) is 5.39. The first kappa shape index (κ1) is 27.4. The normalized spacial score (nSPS) is 10.6. The summed E-state index contributed by atoms with van der Waals surface area (Å²) in [5, 5.41) is 2.74. The predicted octanol–water partition coefficient (Wildman–Crippen LogP) is 4.30. The lowest BCUT2D eigenvalue weighted by molar-refractivity contribution is -0.133. The van der Waals surface area contributed by atoms with Gasteiger partial charge in [0.25, 0.3) is 0 Å². The molecule has 37 heavy (non-hydrogen) atoms. The number of carbonyl (C=O) groups excluding carboxylic acids is 3. The molecule has 0 saturated heterocycles. The lowest BCUT2D eigenvalue weighted by Crippen LogP contribution is -2.45. The Morgan fingerprint density at radius 3 is 2.32 bits per heavy atom. The zero-order valence-electron chi connectivity index (χ0n) is 20.8. The third-order valence-corrected chi connectivity index (χ3v) is 5.39. The first-order valence-corrected chi connectivity index (χ1v) is 11.8. The number of benzene rings is 2. The van der Waals surface area contributed by atoms with Crippen molar-refractivity contribution in [1.29, 1.82) is 0 Å². The Labute approximate surface area is 214 Å². The average molecular weight is 512 g/mol. The molecule has 0 atom stereocenters. The Kier molecular flexibility index (Phi) is 10.2. The van der Waals surface area contributed by atoms with Crippen LogP contribution in [0.25, 0.3) is 0 Å². The van der Waals surface area contributed by atoms with E-state index in [4.69, 9.17) is 13.9 Å². The number of hydrogen-bond acceptors (Lipinski definition) is 6. The summed E-state index contributed by atoms with van der Waals surface area (Å²) in [6.07, 6.45) is 1.52. The smallest absolute Gasteiger partial charge is 0.338 e. The van der Waals surface area contributed by atoms with Crippen LogP contribution in [0.3, 0.4) is 0 Å². The van der Waals surface area contributed by atoms with E-state index in [1.807, 2.05) is 0 Å². The highest BCUT2D eigenvalue weighted by atomic mass is 19.1. The molecule has 0 aliphatic heterocycles. The van der Waals surface area contributed by atoms with E-state index in [-0.39, 0.29) is 51.1 Å². The van der Waals surface area contributed by atoms with Gasteiger partial charge in [-0.15, -0.1) is 0 Å². The number of methoxy groups -OCH3 is 1. The van der Waals surface area contributed by atoms with E-state index in [1.165, 1.54) is 35.3 Å². The Hall–Kier alpha value is -4.18. The van der Waals surface area contributed by atoms with Gasteiger partial charge in [0.15, 0.2) is 0 Å². The van der Waals surface area contributed by atoms with Gasteiger partial charge in [0.2, 0.25) is 5.91 Å². The number of anilines is 1. The minimum absolute atomic E-state index is 0.167. The quantitative estimate of drug-likeness (QED) is 0.364. The first-order valence-electron chi connectivity index (χ1n) is 11.8. The Balaban J connectivity index is 1.71. The number of rotatable bonds is 12. The van der Waals surface area contributed by atoms with E-state index in [2.05, 4.69) is 5.32 Å². The van der Waals surface area contributed by atoms with Crippen LogP contribution in [0.5, 0.6) is 0 Å². The van der Waals surface area contributed by atoms with E-state index in [0.29, 0.717) is 17.0 Å². The molecule has 1 aromatic heterocycles. The number of halogens is 1. The van der Waals surface area contributed by atoms with Crippen LogP contribution in [0, 0.1) is 5.82 Å². The van der Waals surface area contributed by atoms with Crippen LogP contribution < -0.4 is 5.32 Å². The molecule has 3 aromatic rings. The van der Waals surface area contributed by atoms with Crippen molar-refractivity contribution in [3.8, 4) is 0 Å². The second-order valence-electron chi connectivity index (χ2n) is 8.10. The SMILES string of the molecule is CCOC(=O)c1ccc(NC(=O)N(CCOC)CC(=O)N(Cc2ccc(F)cc2)Cc2ccco2)cc1. The molecule has 10 heteroatoms. The molecule has 1 heterocycles. The predicted molar refractivity (Wildman–Crippen MR) is 134 cm³/mol. The molecule has 0 aliphatic carbocycles. The van der Waals surface area contributed by atoms with Gasteiger partial charge in [-0.25, -0.2) is 14.0 Å². The van der Waals surface area contributed by atoms with Crippen LogP contribution in [0.4, 0.5) is 14.9 Å². The maximum Gasteiger partial charge on any atom is 0.338 e. The second-order valence-corrected chi connectivity index (χ2v) is 8.10. The summed E-state index contributed by atoms with van der Waals surface area (Å²) >= 11 is 0. The number of hydrogen-bond donors (Lipinski definition) is 1. The first-order chi connectivity index (χ1) is 17.9. The number of amides is 3. The molecule has 0 fully saturated rings. The summed E-state index contributed by atoms with van der Waals surface area (Å²) in [6, 6.07) is 15.1. The topological polar surface area (TPSA) is 101 Å². The standard InChI is InChI=1S/C27H30FN3O6/c1-3-36-26(33)21-8-12-23(13-9-21)29-27(34)30(14-16-35-2)19-25(32)31(18-24-5-4-15-37-24)17-20-6-10-22(28)11-7-20/h4-13,15H,3,14,16-19H2,1-2H3,(H,29,34). The molecular formula is C27H30FN3O6. The van der Waals surface area contributed by atoms with Crippen LogP contribution in [-0.4, -0.2) is 61.1 Å². The van der Waals surface area contributed by atoms with Gasteiger partial charge in [0.05, 0.1) is 31.6 Å². The van der Waals surface area contributed by atoms with Crippen molar-refractivity contribution in [2.45, 2.75) is 20.0 Å². The van der Waals surface area contributed by atoms with Gasteiger partial charge in [0, 0.05) is 25.9 Å². The summed E-state index contributed by atoms with van der Waals surface area (Å²) in [5.74, 6) is -0.578. The number of carbonyl (C=O) groups is 3. The minimum atomic E-state index is -0.506. The summed E-state index contributed by atoms with van der Waals surface area (Å²) < 4.78 is 28.9. The van der Waals surface area contributed by atoms with Gasteiger partial charge in [-0.3, -0.25) is 4.79 Å². The van der Waals surface area contributed by atoms with Crippen molar-refractivity contribution < 1.29 is 32.7 Å². The molecule has 0 radical (unpaired) electrons. The highest BCUT2D eigenvalue weighted by molar-refractivity contribution is 5.94. The van der Waals surface area contributed by atoms with E-state index in [1.54, 1.807) is 55.5 Å². The van der Waals surface area contributed by atoms with Crippen LogP contribution >= 0.6 is 0 Å². The fourth-order valence-electron chi connectivity index (χ4n) is 3.46. The zero-order chi connectivity index (χ0) is 26.6. The summed E-state index contributed by atoms with van der Waals surface area (Å²) in [4.78, 5) is 41.1. The van der Waals surface area contributed by atoms with Gasteiger partial charge in [-0.2, -0.15) is 0 Å². The zero-order valence-corrected chi connectivity index (χ0v) is 20.8. The molecular weight excluding hydrogens is 481 g/mol. The Morgan fingerprint density at radius 1 is 0.973 bits per heavy atom. The Morgan fingerprint density at radius 2 is 1.70 bits per heavy atom. The van der Waals surface area contributed by atoms with Crippen molar-refractivity contribution in [1.82, 2.24) is 9.80 Å². The largest absolute Gasteiger partial charge is 0.467 e. The minimum Gasteiger partial charge on any atom is -0.467 e. The maximum absolute atomic E-state index is 13.4. The highest BCUT2D eigenvalue weighted by Gasteiger charge is 2.23. The molecule has 0 aliphatic rings. The molecule has 3 amide bonds. The highest BCUT2D eigenvalue weighted by Crippen LogP contribution is 2.14. The van der Waals surface area contributed by atoms with Crippen LogP contribution in [-0.2, 0) is 27.4 Å². The second kappa shape index (κ2) is 13.8. The number of esters is 1. The fourth-order valence-corrected chi connectivity index (χ4v) is 3.46. The maximum atomic E-state index is 13.4. The van der Waals surface area contributed by atoms with E-state index in [0.717, 1.165) is 5.56 Å². The third kappa shape index (κ3) is 8.46. The monoisotopic (exact) mass is 511 g/mol. The van der Waals surface area contributed by atoms with Crippen molar-refractivity contribution in [3.05, 3.63) is 89.6 Å². The molecule has 9 nitrogen and oxygen atoms in total. The van der Waals surface area contributed by atoms with Gasteiger partial charge < -0.3 is 29.0 Å². The van der Waals surface area contributed by atoms with E-state index in [9.17, 15) is 18.8 Å². The molecule has 196 valence electrons. The molecule has 0 spiro atoms. The van der Waals surface area contributed by atoms with Crippen LogP contribution in [0.2, 0.25) is 0 Å². The number of ether oxygens (including phenoxy) is 2. The number of urea groups is 1. The Bertz CT molecular complexity index is 1150. The van der Waals surface area contributed by atoms with Crippen molar-refractivity contribution in [2.75, 3.05) is 38.7 Å². The van der Waals surface area contributed by atoms with Crippen molar-refractivity contribution in [2.24, 2.45) is 0 Å². The van der Waals surface area contributed by atoms with Gasteiger partial charge in [0.1, 0.15) is 18.1 Å². The molecule has 0 saturated carbocycles. The number of nitrogens with one attached hydrogen (secondary N) is 1. The lowest BCUT2D eigenvalue weighted by Gasteiger charge is -2.27. The van der Waals surface area contributed by atoms with E-state index < -0.39 is 12.0 Å². The summed E-state index contributed by atoms with van der Waals surface area (Å²) in [5.41, 5.74) is 1.54. The molecule has 1 N–H and O–H groups in total. The molecule has 2 aromatic carbocycles. The van der Waals surface area contributed by atoms with Crippen LogP contribution in [0.15, 0.2) is 71.3 Å². The summed E-state index contributed by atoms with van der Waals surface area (Å²) in [6.45, 7) is 2.53. The number of furan rings is 1. The van der Waals surface area contributed by atoms with Crippen molar-refractivity contribution >= 4 is 23.6 Å². The molecule has 3 rings (SSSR count). The molecule has 0 bridgehead atoms. The average Bonchev–Trinajstić information content (AvgIpc) is 3.41. The lowest BCUT2D eigenvalue weighted by atomic mass is 10.2. The van der Waals surface area contributed by atoms with Gasteiger partial charge in [-0.1, -0.05) is 12.1 Å². The van der Waals surface area contributed by atoms with Gasteiger partial charge >= 0.3 is 12.0 Å².